The summed E-state index contributed by atoms with van der Waals surface area (Å²) < 4.78 is 87.6. The molecule has 3 heterocycles. The number of sulfone groups is 1. The van der Waals surface area contributed by atoms with Gasteiger partial charge in [-0.15, -0.1) is 23.5 Å². The summed E-state index contributed by atoms with van der Waals surface area (Å²) in [5, 5.41) is 12.6. The van der Waals surface area contributed by atoms with Gasteiger partial charge in [0.15, 0.2) is 0 Å². The van der Waals surface area contributed by atoms with Crippen LogP contribution in [0.1, 0.15) is 59.2 Å². The number of alkyl halides is 3. The number of piperidine rings is 1. The van der Waals surface area contributed by atoms with Gasteiger partial charge in [0.25, 0.3) is 9.84 Å². The second-order valence-corrected chi connectivity index (χ2v) is 22.8. The highest BCUT2D eigenvalue weighted by Gasteiger charge is 2.48. The van der Waals surface area contributed by atoms with Crippen molar-refractivity contribution >= 4 is 79.7 Å². The summed E-state index contributed by atoms with van der Waals surface area (Å²) in [7, 11) is -5.62. The van der Waals surface area contributed by atoms with Crippen LogP contribution < -0.4 is 19.8 Å². The van der Waals surface area contributed by atoms with Crippen molar-refractivity contribution in [2.45, 2.75) is 91.6 Å². The molecule has 0 unspecified atom stereocenters. The molecule has 2 aliphatic heterocycles. The van der Waals surface area contributed by atoms with Crippen molar-refractivity contribution in [1.29, 1.82) is 0 Å². The number of thioether (sulfide) groups is 2. The van der Waals surface area contributed by atoms with E-state index in [9.17, 15) is 21.6 Å². The lowest BCUT2D eigenvalue weighted by Crippen LogP contribution is -2.46. The SMILES string of the molecule is CC.CCN1CCC(O)CC1.CSc1c(-c2cc(F)cc(N3CCN(c4ccc(NSc5ccc(NCCSc6ccccc6)c(S(=O)(=O)C(F)(F)F)c5)cc4)CC3)c2)c(-c2ccc(Cl)cc2)n(C(C)C)c1C. The van der Waals surface area contributed by atoms with Crippen molar-refractivity contribution in [3.8, 4) is 22.4 Å². The van der Waals surface area contributed by atoms with E-state index < -0.39 is 20.2 Å². The molecule has 0 spiro atoms. The van der Waals surface area contributed by atoms with Gasteiger partial charge >= 0.3 is 5.51 Å². The highest BCUT2D eigenvalue weighted by molar-refractivity contribution is 8.00. The lowest BCUT2D eigenvalue weighted by Gasteiger charge is -2.37. The summed E-state index contributed by atoms with van der Waals surface area (Å²) in [6, 6.07) is 34.5. The summed E-state index contributed by atoms with van der Waals surface area (Å²) in [6.45, 7) is 18.9. The molecular formula is C55H67ClF4N6O3S4. The molecule has 5 aromatic carbocycles. The van der Waals surface area contributed by atoms with Gasteiger partial charge in [-0.3, -0.25) is 0 Å². The average molecular weight is 1100 g/mol. The summed E-state index contributed by atoms with van der Waals surface area (Å²) in [5.74, 6) is 0.220. The maximum Gasteiger partial charge on any atom is 0.501 e. The fourth-order valence-corrected chi connectivity index (χ4v) is 12.3. The normalized spacial score (nSPS) is 14.6. The predicted molar refractivity (Wildman–Crippen MR) is 302 cm³/mol. The van der Waals surface area contributed by atoms with Crippen LogP contribution in [0.2, 0.25) is 5.02 Å². The van der Waals surface area contributed by atoms with Gasteiger partial charge in [0.1, 0.15) is 10.7 Å². The van der Waals surface area contributed by atoms with Crippen LogP contribution in [-0.4, -0.2) is 99.0 Å². The number of nitrogens with one attached hydrogen (secondary N) is 2. The fourth-order valence-electron chi connectivity index (χ4n) is 8.89. The maximum atomic E-state index is 15.6. The minimum atomic E-state index is -5.62. The number of likely N-dealkylation sites (tertiary alicyclic amines) is 1. The van der Waals surface area contributed by atoms with Gasteiger partial charge in [0, 0.05) is 106 Å². The number of hydrogen-bond acceptors (Lipinski definition) is 11. The van der Waals surface area contributed by atoms with Gasteiger partial charge in [-0.1, -0.05) is 62.7 Å². The zero-order chi connectivity index (χ0) is 52.9. The molecule has 0 saturated carbocycles. The van der Waals surface area contributed by atoms with Crippen LogP contribution in [0.25, 0.3) is 22.4 Å². The number of nitrogens with zero attached hydrogens (tertiary/aromatic N) is 4. The van der Waals surface area contributed by atoms with Gasteiger partial charge in [-0.25, -0.2) is 12.8 Å². The van der Waals surface area contributed by atoms with Gasteiger partial charge < -0.3 is 34.4 Å². The molecule has 0 aliphatic carbocycles. The molecule has 2 aliphatic rings. The second kappa shape index (κ2) is 26.8. The van der Waals surface area contributed by atoms with Crippen LogP contribution in [0.5, 0.6) is 0 Å². The lowest BCUT2D eigenvalue weighted by molar-refractivity contribution is -0.0435. The monoisotopic (exact) mass is 1100 g/mol. The number of halogens is 5. The number of aliphatic hydroxyl groups excluding tert-OH is 1. The quantitative estimate of drug-likeness (QED) is 0.0374. The highest BCUT2D eigenvalue weighted by atomic mass is 35.5. The van der Waals surface area contributed by atoms with Gasteiger partial charge in [-0.2, -0.15) is 13.2 Å². The number of benzene rings is 5. The molecule has 8 rings (SSSR count). The van der Waals surface area contributed by atoms with Crippen molar-refractivity contribution in [3.05, 3.63) is 132 Å². The third-order valence-electron chi connectivity index (χ3n) is 12.5. The van der Waals surface area contributed by atoms with Crippen LogP contribution in [0.15, 0.2) is 135 Å². The largest absolute Gasteiger partial charge is 0.501 e. The molecule has 2 saturated heterocycles. The molecule has 73 heavy (non-hydrogen) atoms. The fraction of sp³-hybridized carbons (Fsp3) is 0.382. The molecule has 9 nitrogen and oxygen atoms in total. The minimum Gasteiger partial charge on any atom is -0.393 e. The van der Waals surface area contributed by atoms with E-state index in [-0.39, 0.29) is 30.2 Å². The first-order valence-electron chi connectivity index (χ1n) is 24.6. The Bertz CT molecular complexity index is 2800. The standard InChI is InChI=1S/C46H46ClF4N5O2S4.C7H15NO.C2H6/c1-30(2)56-31(3)45(59-4)43(44(56)32-10-12-34(47)13-11-32)33-26-35(48)28-38(27-33)55-23-21-54(22-24-55)37-16-14-36(15-17-37)53-61-40-18-19-41(42(29-40)62(57,58)46(49,50)51)52-20-25-60-39-8-6-5-7-9-39;1-2-8-5-3-7(9)4-6-8;1-2/h5-19,26-30,52-53H,20-25H2,1-4H3;7,9H,2-6H2,1H3;1-2H3. The zero-order valence-electron chi connectivity index (χ0n) is 42.5. The molecule has 3 N–H and O–H groups in total. The van der Waals surface area contributed by atoms with Gasteiger partial charge in [0.05, 0.1) is 17.5 Å². The Balaban J connectivity index is 0.000000706. The van der Waals surface area contributed by atoms with Crippen LogP contribution in [-0.2, 0) is 9.84 Å². The second-order valence-electron chi connectivity index (χ2n) is 17.6. The van der Waals surface area contributed by atoms with E-state index in [2.05, 4.69) is 69.3 Å². The summed E-state index contributed by atoms with van der Waals surface area (Å²) in [4.78, 5) is 8.42. The number of aromatic nitrogens is 1. The van der Waals surface area contributed by atoms with Crippen LogP contribution >= 0.6 is 47.1 Å². The molecule has 0 amide bonds. The highest BCUT2D eigenvalue weighted by Crippen LogP contribution is 2.46. The van der Waals surface area contributed by atoms with E-state index in [1.54, 1.807) is 30.0 Å². The molecule has 2 fully saturated rings. The first-order chi connectivity index (χ1) is 35.0. The molecule has 1 aromatic heterocycles. The predicted octanol–water partition coefficient (Wildman–Crippen LogP) is 14.7. The van der Waals surface area contributed by atoms with E-state index in [4.69, 9.17) is 16.7 Å². The summed E-state index contributed by atoms with van der Waals surface area (Å²) in [6.07, 6.45) is 3.97. The summed E-state index contributed by atoms with van der Waals surface area (Å²) in [5.41, 5.74) is 1.93. The number of aliphatic hydroxyl groups is 1. The third-order valence-corrected chi connectivity index (χ3v) is 17.1. The Morgan fingerprint density at radius 3 is 2.01 bits per heavy atom. The molecular weight excluding hydrogens is 1030 g/mol. The Kier molecular flexibility index (Phi) is 21.2. The molecule has 18 heteroatoms. The molecule has 394 valence electrons. The van der Waals surface area contributed by atoms with Gasteiger partial charge in [0.2, 0.25) is 0 Å². The Morgan fingerprint density at radius 1 is 0.795 bits per heavy atom. The van der Waals surface area contributed by atoms with Crippen molar-refractivity contribution in [1.82, 2.24) is 9.47 Å². The first kappa shape index (κ1) is 57.8. The molecule has 0 atom stereocenters. The van der Waals surface area contributed by atoms with Crippen molar-refractivity contribution in [3.63, 3.8) is 0 Å². The van der Waals surface area contributed by atoms with E-state index in [0.29, 0.717) is 47.5 Å². The molecule has 6 aromatic rings. The number of anilines is 4. The minimum absolute atomic E-state index is 0.0206. The van der Waals surface area contributed by atoms with E-state index in [1.165, 1.54) is 17.8 Å². The third kappa shape index (κ3) is 14.9. The number of hydrogen-bond donors (Lipinski definition) is 3. The number of rotatable bonds is 16. The first-order valence-corrected chi connectivity index (χ1v) is 29.5. The average Bonchev–Trinajstić information content (AvgIpc) is 3.70. The van der Waals surface area contributed by atoms with Crippen molar-refractivity contribution in [2.24, 2.45) is 0 Å². The maximum absolute atomic E-state index is 15.6. The molecule has 0 bridgehead atoms. The van der Waals surface area contributed by atoms with E-state index in [1.807, 2.05) is 92.7 Å². The lowest BCUT2D eigenvalue weighted by atomic mass is 9.99. The number of piperazine rings is 1. The van der Waals surface area contributed by atoms with Crippen LogP contribution in [0.4, 0.5) is 40.3 Å². The Labute approximate surface area is 447 Å². The van der Waals surface area contributed by atoms with Gasteiger partial charge in [-0.05, 0) is 154 Å². The Hall–Kier alpha value is -4.49. The Morgan fingerprint density at radius 2 is 1.42 bits per heavy atom. The van der Waals surface area contributed by atoms with Crippen LogP contribution in [0, 0.1) is 12.7 Å². The zero-order valence-corrected chi connectivity index (χ0v) is 46.5. The summed E-state index contributed by atoms with van der Waals surface area (Å²) >= 11 is 10.5. The van der Waals surface area contributed by atoms with E-state index >= 15 is 4.39 Å². The molecule has 0 radical (unpaired) electrons. The van der Waals surface area contributed by atoms with Crippen LogP contribution in [0.3, 0.4) is 0 Å². The topological polar surface area (TPSA) is 93.1 Å². The van der Waals surface area contributed by atoms with E-state index in [0.717, 1.165) is 99.7 Å². The smallest absolute Gasteiger partial charge is 0.393 e. The van der Waals surface area contributed by atoms with Crippen molar-refractivity contribution < 1.29 is 31.1 Å². The van der Waals surface area contributed by atoms with Crippen molar-refractivity contribution in [2.75, 3.05) is 84.2 Å².